The summed E-state index contributed by atoms with van der Waals surface area (Å²) in [6, 6.07) is 4.53. The number of aromatic hydroxyl groups is 4. The molecule has 2 aromatic carbocycles. The highest BCUT2D eigenvalue weighted by Crippen LogP contribution is 2.43. The maximum Gasteiger partial charge on any atom is 0.172 e. The van der Waals surface area contributed by atoms with Crippen molar-refractivity contribution < 1.29 is 20.4 Å². The Morgan fingerprint density at radius 3 is 2.08 bits per heavy atom. The van der Waals surface area contributed by atoms with Gasteiger partial charge in [0, 0.05) is 0 Å². The molecule has 6 heteroatoms. The minimum Gasteiger partial charge on any atom is -0.504 e. The third-order valence-electron chi connectivity index (χ3n) is 3.65. The summed E-state index contributed by atoms with van der Waals surface area (Å²) in [7, 11) is 0. The molecule has 126 valence electrons. The number of benzene rings is 2. The molecule has 0 bridgehead atoms. The number of rotatable bonds is 4. The molecular formula is C18H16Br2O4. The summed E-state index contributed by atoms with van der Waals surface area (Å²) in [4.78, 5) is 0. The second-order valence-corrected chi connectivity index (χ2v) is 7.11. The first-order valence-corrected chi connectivity index (χ1v) is 8.50. The van der Waals surface area contributed by atoms with Gasteiger partial charge in [0.15, 0.2) is 23.0 Å². The Hall–Kier alpha value is -1.92. The Balaban J connectivity index is 2.63. The van der Waals surface area contributed by atoms with E-state index in [0.717, 1.165) is 5.57 Å². The van der Waals surface area contributed by atoms with Crippen LogP contribution in [0.3, 0.4) is 0 Å². The van der Waals surface area contributed by atoms with Gasteiger partial charge in [0.1, 0.15) is 0 Å². The minimum atomic E-state index is -0.273. The summed E-state index contributed by atoms with van der Waals surface area (Å²) in [5.41, 5.74) is 3.36. The molecule has 24 heavy (non-hydrogen) atoms. The van der Waals surface area contributed by atoms with Gasteiger partial charge < -0.3 is 20.4 Å². The van der Waals surface area contributed by atoms with Crippen LogP contribution in [0.1, 0.15) is 23.6 Å². The normalized spacial score (nSPS) is 10.6. The number of halogens is 2. The van der Waals surface area contributed by atoms with E-state index in [1.54, 1.807) is 13.0 Å². The number of allylic oxidation sites excluding steroid dienone is 2. The summed E-state index contributed by atoms with van der Waals surface area (Å²) >= 11 is 6.49. The summed E-state index contributed by atoms with van der Waals surface area (Å²) in [6.07, 6.45) is 0.322. The summed E-state index contributed by atoms with van der Waals surface area (Å²) in [5.74, 6) is -1.03. The lowest BCUT2D eigenvalue weighted by atomic mass is 9.92. The highest BCUT2D eigenvalue weighted by Gasteiger charge is 2.19. The fourth-order valence-electron chi connectivity index (χ4n) is 2.28. The minimum absolute atomic E-state index is 0.238. The number of hydrogen-bond acceptors (Lipinski definition) is 4. The average Bonchev–Trinajstić information content (AvgIpc) is 2.52. The smallest absolute Gasteiger partial charge is 0.172 e. The van der Waals surface area contributed by atoms with Gasteiger partial charge in [-0.15, -0.1) is 0 Å². The SMILES string of the molecule is C=C(C)C(=C)c1cc(O)c(O)c(Br)c1Cc1cc(O)c(O)c(Br)c1. The zero-order chi connectivity index (χ0) is 18.2. The fourth-order valence-corrected chi connectivity index (χ4v) is 3.34. The largest absolute Gasteiger partial charge is 0.504 e. The van der Waals surface area contributed by atoms with Gasteiger partial charge >= 0.3 is 0 Å². The molecule has 0 aliphatic rings. The van der Waals surface area contributed by atoms with Gasteiger partial charge in [0.25, 0.3) is 0 Å². The quantitative estimate of drug-likeness (QED) is 0.376. The first-order chi connectivity index (χ1) is 11.1. The van der Waals surface area contributed by atoms with Crippen molar-refractivity contribution in [1.82, 2.24) is 0 Å². The van der Waals surface area contributed by atoms with Crippen LogP contribution < -0.4 is 0 Å². The molecule has 2 aromatic rings. The van der Waals surface area contributed by atoms with Gasteiger partial charge in [-0.3, -0.25) is 0 Å². The molecule has 0 saturated heterocycles. The van der Waals surface area contributed by atoms with Gasteiger partial charge in [-0.05, 0) is 85.7 Å². The summed E-state index contributed by atoms with van der Waals surface area (Å²) in [6.45, 7) is 9.64. The molecule has 4 nitrogen and oxygen atoms in total. The van der Waals surface area contributed by atoms with Crippen molar-refractivity contribution in [2.45, 2.75) is 13.3 Å². The van der Waals surface area contributed by atoms with Crippen LogP contribution in [-0.2, 0) is 6.42 Å². The molecule has 0 aliphatic carbocycles. The van der Waals surface area contributed by atoms with E-state index in [1.807, 2.05) is 0 Å². The molecule has 2 rings (SSSR count). The van der Waals surface area contributed by atoms with Crippen LogP contribution in [0.2, 0.25) is 0 Å². The van der Waals surface area contributed by atoms with Gasteiger partial charge in [0.05, 0.1) is 8.95 Å². The second kappa shape index (κ2) is 6.91. The lowest BCUT2D eigenvalue weighted by Gasteiger charge is -2.17. The van der Waals surface area contributed by atoms with E-state index in [2.05, 4.69) is 45.0 Å². The van der Waals surface area contributed by atoms with E-state index in [0.29, 0.717) is 37.6 Å². The first kappa shape index (κ1) is 18.4. The Morgan fingerprint density at radius 1 is 0.958 bits per heavy atom. The van der Waals surface area contributed by atoms with E-state index in [-0.39, 0.29) is 23.0 Å². The van der Waals surface area contributed by atoms with Crippen LogP contribution in [0.15, 0.2) is 45.9 Å². The maximum absolute atomic E-state index is 10.0. The molecule has 0 aromatic heterocycles. The van der Waals surface area contributed by atoms with E-state index in [9.17, 15) is 20.4 Å². The van der Waals surface area contributed by atoms with Gasteiger partial charge in [-0.1, -0.05) is 18.7 Å². The fraction of sp³-hybridized carbons (Fsp3) is 0.111. The van der Waals surface area contributed by atoms with Crippen LogP contribution in [0.5, 0.6) is 23.0 Å². The Morgan fingerprint density at radius 2 is 1.54 bits per heavy atom. The van der Waals surface area contributed by atoms with Crippen LogP contribution in [0, 0.1) is 0 Å². The molecule has 0 spiro atoms. The molecule has 0 amide bonds. The molecule has 0 radical (unpaired) electrons. The second-order valence-electron chi connectivity index (χ2n) is 5.47. The molecule has 0 unspecified atom stereocenters. The maximum atomic E-state index is 10.0. The van der Waals surface area contributed by atoms with E-state index in [1.165, 1.54) is 12.1 Å². The van der Waals surface area contributed by atoms with Crippen molar-refractivity contribution in [3.05, 3.63) is 62.6 Å². The predicted octanol–water partition coefficient (Wildman–Crippen LogP) is 5.21. The van der Waals surface area contributed by atoms with Crippen LogP contribution >= 0.6 is 31.9 Å². The molecular weight excluding hydrogens is 440 g/mol. The van der Waals surface area contributed by atoms with E-state index in [4.69, 9.17) is 0 Å². The van der Waals surface area contributed by atoms with Crippen LogP contribution in [0.25, 0.3) is 5.57 Å². The number of phenolic OH excluding ortho intramolecular Hbond substituents is 4. The van der Waals surface area contributed by atoms with E-state index >= 15 is 0 Å². The molecule has 0 atom stereocenters. The summed E-state index contributed by atoms with van der Waals surface area (Å²) < 4.78 is 0.695. The third-order valence-corrected chi connectivity index (χ3v) is 5.10. The highest BCUT2D eigenvalue weighted by atomic mass is 79.9. The molecule has 4 N–H and O–H groups in total. The number of hydrogen-bond donors (Lipinski definition) is 4. The lowest BCUT2D eigenvalue weighted by molar-refractivity contribution is 0.400. The third kappa shape index (κ3) is 3.44. The Bertz CT molecular complexity index is 834. The Kier molecular flexibility index (Phi) is 5.30. The van der Waals surface area contributed by atoms with Crippen LogP contribution in [-0.4, -0.2) is 20.4 Å². The van der Waals surface area contributed by atoms with Crippen molar-refractivity contribution in [1.29, 1.82) is 0 Å². The topological polar surface area (TPSA) is 80.9 Å². The van der Waals surface area contributed by atoms with Crippen LogP contribution in [0.4, 0.5) is 0 Å². The predicted molar refractivity (Wildman–Crippen MR) is 102 cm³/mol. The standard InChI is InChI=1S/C18H16Br2O4/c1-8(2)9(3)11-7-15(22)18(24)16(20)12(11)4-10-5-13(19)17(23)14(21)6-10/h5-7,21-24H,1,3-4H2,2H3. The monoisotopic (exact) mass is 454 g/mol. The molecule has 0 heterocycles. The van der Waals surface area contributed by atoms with E-state index < -0.39 is 0 Å². The van der Waals surface area contributed by atoms with Crippen molar-refractivity contribution in [2.24, 2.45) is 0 Å². The summed E-state index contributed by atoms with van der Waals surface area (Å²) in [5, 5.41) is 39.3. The molecule has 0 aliphatic heterocycles. The first-order valence-electron chi connectivity index (χ1n) is 6.92. The van der Waals surface area contributed by atoms with Crippen molar-refractivity contribution in [3.8, 4) is 23.0 Å². The van der Waals surface area contributed by atoms with Gasteiger partial charge in [-0.25, -0.2) is 0 Å². The Labute approximate surface area is 156 Å². The lowest BCUT2D eigenvalue weighted by Crippen LogP contribution is -1.98. The molecule has 0 saturated carbocycles. The highest BCUT2D eigenvalue weighted by molar-refractivity contribution is 9.11. The average molecular weight is 456 g/mol. The van der Waals surface area contributed by atoms with Gasteiger partial charge in [0.2, 0.25) is 0 Å². The van der Waals surface area contributed by atoms with Crippen molar-refractivity contribution in [2.75, 3.05) is 0 Å². The van der Waals surface area contributed by atoms with Gasteiger partial charge in [-0.2, -0.15) is 0 Å². The zero-order valence-corrected chi connectivity index (χ0v) is 16.1. The number of phenols is 4. The van der Waals surface area contributed by atoms with Crippen molar-refractivity contribution in [3.63, 3.8) is 0 Å². The van der Waals surface area contributed by atoms with Crippen molar-refractivity contribution >= 4 is 37.4 Å². The zero-order valence-electron chi connectivity index (χ0n) is 12.9. The molecule has 0 fully saturated rings.